The lowest BCUT2D eigenvalue weighted by Crippen LogP contribution is -2.40. The summed E-state index contributed by atoms with van der Waals surface area (Å²) in [6, 6.07) is 11.3. The van der Waals surface area contributed by atoms with E-state index in [1.807, 2.05) is 31.2 Å². The number of rotatable bonds is 9. The second-order valence-electron chi connectivity index (χ2n) is 7.88. The Morgan fingerprint density at radius 3 is 2.79 bits per heavy atom. The number of thiazole rings is 1. The predicted molar refractivity (Wildman–Crippen MR) is 139 cm³/mol. The number of aryl methyl sites for hydroxylation is 1. The van der Waals surface area contributed by atoms with Crippen molar-refractivity contribution < 1.29 is 19.0 Å². The van der Waals surface area contributed by atoms with E-state index in [2.05, 4.69) is 4.90 Å². The number of carbonyl (C=O) groups is 1. The minimum atomic E-state index is -0.146. The van der Waals surface area contributed by atoms with Gasteiger partial charge in [0.2, 0.25) is 0 Å². The Hall–Kier alpha value is -2.10. The number of hydrogen-bond acceptors (Lipinski definition) is 7. The van der Waals surface area contributed by atoms with Crippen molar-refractivity contribution >= 4 is 56.6 Å². The summed E-state index contributed by atoms with van der Waals surface area (Å²) >= 11 is 7.81. The SMILES string of the molecule is COc1ccc(Cl)c2sc(N(CCCN3CCOCC3)C(=O)COc3cccc(C)c3)nc12.Cl. The molecular weight excluding hydrogens is 497 g/mol. The summed E-state index contributed by atoms with van der Waals surface area (Å²) in [7, 11) is 1.60. The minimum absolute atomic E-state index is 0. The average Bonchev–Trinajstić information content (AvgIpc) is 3.27. The molecule has 34 heavy (non-hydrogen) atoms. The zero-order chi connectivity index (χ0) is 23.2. The number of halogens is 2. The molecule has 1 amide bonds. The van der Waals surface area contributed by atoms with Gasteiger partial charge in [-0.2, -0.15) is 0 Å². The lowest BCUT2D eigenvalue weighted by atomic mass is 10.2. The molecule has 0 N–H and O–H groups in total. The Kier molecular flexibility index (Phi) is 9.79. The fourth-order valence-electron chi connectivity index (χ4n) is 3.75. The summed E-state index contributed by atoms with van der Waals surface area (Å²) in [5, 5.41) is 1.18. The molecule has 0 bridgehead atoms. The van der Waals surface area contributed by atoms with Gasteiger partial charge in [-0.3, -0.25) is 14.6 Å². The minimum Gasteiger partial charge on any atom is -0.494 e. The number of aromatic nitrogens is 1. The van der Waals surface area contributed by atoms with Crippen LogP contribution in [0.2, 0.25) is 5.02 Å². The van der Waals surface area contributed by atoms with Gasteiger partial charge in [0, 0.05) is 26.2 Å². The summed E-state index contributed by atoms with van der Waals surface area (Å²) in [5.74, 6) is 1.16. The molecule has 3 aromatic rings. The highest BCUT2D eigenvalue weighted by Gasteiger charge is 2.23. The number of benzene rings is 2. The normalized spacial score (nSPS) is 14.0. The number of amides is 1. The molecule has 1 aromatic heterocycles. The van der Waals surface area contributed by atoms with E-state index < -0.39 is 0 Å². The number of fused-ring (bicyclic) bond motifs is 1. The van der Waals surface area contributed by atoms with E-state index in [-0.39, 0.29) is 24.9 Å². The second-order valence-corrected chi connectivity index (χ2v) is 9.27. The van der Waals surface area contributed by atoms with Gasteiger partial charge >= 0.3 is 0 Å². The van der Waals surface area contributed by atoms with Gasteiger partial charge in [-0.1, -0.05) is 35.1 Å². The second kappa shape index (κ2) is 12.6. The van der Waals surface area contributed by atoms with Gasteiger partial charge in [-0.25, -0.2) is 4.98 Å². The van der Waals surface area contributed by atoms with Crippen molar-refractivity contribution in [3.8, 4) is 11.5 Å². The van der Waals surface area contributed by atoms with Crippen molar-refractivity contribution in [3.63, 3.8) is 0 Å². The Morgan fingerprint density at radius 2 is 2.06 bits per heavy atom. The molecule has 1 aliphatic heterocycles. The van der Waals surface area contributed by atoms with Crippen LogP contribution in [0.1, 0.15) is 12.0 Å². The maximum absolute atomic E-state index is 13.3. The molecule has 1 saturated heterocycles. The van der Waals surface area contributed by atoms with Crippen LogP contribution in [0, 0.1) is 6.92 Å². The summed E-state index contributed by atoms with van der Waals surface area (Å²) in [6.45, 7) is 6.68. The van der Waals surface area contributed by atoms with Crippen LogP contribution in [0.3, 0.4) is 0 Å². The lowest BCUT2D eigenvalue weighted by Gasteiger charge is -2.27. The Bertz CT molecular complexity index is 1110. The van der Waals surface area contributed by atoms with Gasteiger partial charge in [-0.15, -0.1) is 12.4 Å². The number of hydrogen-bond donors (Lipinski definition) is 0. The van der Waals surface area contributed by atoms with Crippen LogP contribution in [0.5, 0.6) is 11.5 Å². The van der Waals surface area contributed by atoms with Crippen LogP contribution in [-0.2, 0) is 9.53 Å². The molecule has 0 aliphatic carbocycles. The molecule has 0 unspecified atom stereocenters. The fourth-order valence-corrected chi connectivity index (χ4v) is 5.05. The highest BCUT2D eigenvalue weighted by Crippen LogP contribution is 2.38. The van der Waals surface area contributed by atoms with Crippen LogP contribution in [0.15, 0.2) is 36.4 Å². The van der Waals surface area contributed by atoms with E-state index >= 15 is 0 Å². The molecule has 1 fully saturated rings. The number of ether oxygens (including phenoxy) is 3. The summed E-state index contributed by atoms with van der Waals surface area (Å²) < 4.78 is 17.5. The molecule has 184 valence electrons. The zero-order valence-electron chi connectivity index (χ0n) is 19.3. The van der Waals surface area contributed by atoms with Gasteiger partial charge in [0.15, 0.2) is 11.7 Å². The van der Waals surface area contributed by atoms with Crippen molar-refractivity contribution in [2.45, 2.75) is 13.3 Å². The van der Waals surface area contributed by atoms with E-state index in [0.29, 0.717) is 33.7 Å². The first-order valence-corrected chi connectivity index (χ1v) is 12.2. The van der Waals surface area contributed by atoms with Crippen molar-refractivity contribution in [3.05, 3.63) is 47.0 Å². The maximum Gasteiger partial charge on any atom is 0.266 e. The van der Waals surface area contributed by atoms with E-state index in [1.54, 1.807) is 24.1 Å². The van der Waals surface area contributed by atoms with Crippen LogP contribution >= 0.6 is 35.3 Å². The maximum atomic E-state index is 13.3. The molecule has 7 nitrogen and oxygen atoms in total. The number of morpholine rings is 1. The zero-order valence-corrected chi connectivity index (χ0v) is 21.7. The van der Waals surface area contributed by atoms with E-state index in [4.69, 9.17) is 30.8 Å². The monoisotopic (exact) mass is 525 g/mol. The van der Waals surface area contributed by atoms with Gasteiger partial charge in [0.25, 0.3) is 5.91 Å². The quantitative estimate of drug-likeness (QED) is 0.398. The fraction of sp³-hybridized carbons (Fsp3) is 0.417. The third kappa shape index (κ3) is 6.52. The van der Waals surface area contributed by atoms with Crippen molar-refractivity contribution in [1.29, 1.82) is 0 Å². The molecule has 10 heteroatoms. The van der Waals surface area contributed by atoms with E-state index in [0.717, 1.165) is 49.5 Å². The third-order valence-corrected chi connectivity index (χ3v) is 7.05. The van der Waals surface area contributed by atoms with Crippen molar-refractivity contribution in [2.24, 2.45) is 0 Å². The smallest absolute Gasteiger partial charge is 0.266 e. The molecule has 4 rings (SSSR count). The molecule has 2 aromatic carbocycles. The first-order valence-electron chi connectivity index (χ1n) is 11.0. The highest BCUT2D eigenvalue weighted by molar-refractivity contribution is 7.23. The van der Waals surface area contributed by atoms with E-state index in [9.17, 15) is 4.79 Å². The number of carbonyl (C=O) groups excluding carboxylic acids is 1. The Labute approximate surface area is 215 Å². The number of anilines is 1. The topological polar surface area (TPSA) is 64.1 Å². The first kappa shape index (κ1) is 26.5. The summed E-state index contributed by atoms with van der Waals surface area (Å²) in [6.07, 6.45) is 0.816. The van der Waals surface area contributed by atoms with Crippen molar-refractivity contribution in [1.82, 2.24) is 9.88 Å². The van der Waals surface area contributed by atoms with Crippen LogP contribution < -0.4 is 14.4 Å². The largest absolute Gasteiger partial charge is 0.494 e. The standard InChI is InChI=1S/C24H28ClN3O4S.ClH/c1-17-5-3-6-18(15-17)32-16-21(29)28(10-4-9-27-11-13-31-14-12-27)24-26-22-20(30-2)8-7-19(25)23(22)33-24;/h3,5-8,15H,4,9-14,16H2,1-2H3;1H. The van der Waals surface area contributed by atoms with Crippen molar-refractivity contribution in [2.75, 3.05) is 58.0 Å². The Morgan fingerprint density at radius 1 is 1.26 bits per heavy atom. The molecule has 1 aliphatic rings. The predicted octanol–water partition coefficient (Wildman–Crippen LogP) is 4.82. The molecule has 2 heterocycles. The molecule has 0 atom stereocenters. The van der Waals surface area contributed by atoms with Crippen LogP contribution in [0.25, 0.3) is 10.2 Å². The van der Waals surface area contributed by atoms with Crippen LogP contribution in [-0.4, -0.2) is 68.9 Å². The average molecular weight is 526 g/mol. The number of nitrogens with zero attached hydrogens (tertiary/aromatic N) is 3. The number of methoxy groups -OCH3 is 1. The van der Waals surface area contributed by atoms with Gasteiger partial charge in [0.05, 0.1) is 30.0 Å². The third-order valence-electron chi connectivity index (χ3n) is 5.51. The molecule has 0 saturated carbocycles. The Balaban J connectivity index is 0.00000324. The summed E-state index contributed by atoms with van der Waals surface area (Å²) in [4.78, 5) is 22.1. The molecule has 0 radical (unpaired) electrons. The van der Waals surface area contributed by atoms with Gasteiger partial charge < -0.3 is 14.2 Å². The highest BCUT2D eigenvalue weighted by atomic mass is 35.5. The van der Waals surface area contributed by atoms with Gasteiger partial charge in [-0.05, 0) is 43.2 Å². The van der Waals surface area contributed by atoms with E-state index in [1.165, 1.54) is 11.3 Å². The first-order chi connectivity index (χ1) is 16.0. The van der Waals surface area contributed by atoms with Crippen LogP contribution in [0.4, 0.5) is 5.13 Å². The molecule has 0 spiro atoms. The van der Waals surface area contributed by atoms with Gasteiger partial charge in [0.1, 0.15) is 17.0 Å². The molecular formula is C24H29Cl2N3O4S. The summed E-state index contributed by atoms with van der Waals surface area (Å²) in [5.41, 5.74) is 1.74. The lowest BCUT2D eigenvalue weighted by molar-refractivity contribution is -0.120.